The van der Waals surface area contributed by atoms with E-state index in [9.17, 15) is 9.59 Å². The van der Waals surface area contributed by atoms with Crippen LogP contribution in [0.1, 0.15) is 44.9 Å². The molecule has 3 rings (SSSR count). The van der Waals surface area contributed by atoms with Crippen molar-refractivity contribution in [1.29, 1.82) is 0 Å². The Morgan fingerprint density at radius 3 is 2.33 bits per heavy atom. The lowest BCUT2D eigenvalue weighted by molar-refractivity contribution is 0.0725. The highest BCUT2D eigenvalue weighted by molar-refractivity contribution is 7.12. The molecule has 144 valence electrons. The van der Waals surface area contributed by atoms with Crippen LogP contribution in [-0.2, 0) is 0 Å². The Morgan fingerprint density at radius 1 is 1.07 bits per heavy atom. The Balaban J connectivity index is 1.98. The van der Waals surface area contributed by atoms with Crippen LogP contribution in [0.2, 0.25) is 0 Å². The van der Waals surface area contributed by atoms with E-state index in [2.05, 4.69) is 5.32 Å². The minimum Gasteiger partial charge on any atom is -0.493 e. The number of hydrogen-bond donors (Lipinski definition) is 1. The van der Waals surface area contributed by atoms with Gasteiger partial charge >= 0.3 is 0 Å². The lowest BCUT2D eigenvalue weighted by Crippen LogP contribution is -2.36. The number of aryl methyl sites for hydroxylation is 1. The Hall–Kier alpha value is -2.54. The molecule has 1 aromatic heterocycles. The van der Waals surface area contributed by atoms with Gasteiger partial charge < -0.3 is 19.7 Å². The number of nitrogens with one attached hydrogen (secondary N) is 1. The van der Waals surface area contributed by atoms with E-state index < -0.39 is 0 Å². The van der Waals surface area contributed by atoms with Gasteiger partial charge in [0.2, 0.25) is 0 Å². The molecular formula is C20H24N2O4S. The van der Waals surface area contributed by atoms with E-state index in [0.717, 1.165) is 37.9 Å². The number of benzene rings is 1. The van der Waals surface area contributed by atoms with Crippen LogP contribution < -0.4 is 14.8 Å². The van der Waals surface area contributed by atoms with Crippen LogP contribution in [0, 0.1) is 6.92 Å². The topological polar surface area (TPSA) is 67.9 Å². The maximum Gasteiger partial charge on any atom is 0.266 e. The Kier molecular flexibility index (Phi) is 6.01. The van der Waals surface area contributed by atoms with Gasteiger partial charge in [0.15, 0.2) is 11.5 Å². The molecule has 2 heterocycles. The molecule has 0 unspecified atom stereocenters. The van der Waals surface area contributed by atoms with Crippen LogP contribution in [-0.4, -0.2) is 44.0 Å². The fourth-order valence-corrected chi connectivity index (χ4v) is 4.03. The van der Waals surface area contributed by atoms with Crippen LogP contribution in [0.25, 0.3) is 0 Å². The third-order valence-electron chi connectivity index (χ3n) is 4.71. The number of piperidine rings is 1. The molecule has 1 aliphatic heterocycles. The number of thiophene rings is 1. The number of amides is 2. The van der Waals surface area contributed by atoms with E-state index in [1.165, 1.54) is 25.6 Å². The molecule has 0 aliphatic carbocycles. The summed E-state index contributed by atoms with van der Waals surface area (Å²) in [5.74, 6) is 0.588. The van der Waals surface area contributed by atoms with E-state index in [1.807, 2.05) is 23.3 Å². The van der Waals surface area contributed by atoms with Crippen molar-refractivity contribution in [3.05, 3.63) is 39.6 Å². The Morgan fingerprint density at radius 2 is 1.74 bits per heavy atom. The molecule has 1 saturated heterocycles. The predicted molar refractivity (Wildman–Crippen MR) is 106 cm³/mol. The molecular weight excluding hydrogens is 364 g/mol. The van der Waals surface area contributed by atoms with Gasteiger partial charge in [-0.25, -0.2) is 0 Å². The number of hydrogen-bond acceptors (Lipinski definition) is 5. The summed E-state index contributed by atoms with van der Waals surface area (Å²) in [6.45, 7) is 3.34. The number of rotatable bonds is 5. The average Bonchev–Trinajstić information content (AvgIpc) is 3.13. The van der Waals surface area contributed by atoms with E-state index in [-0.39, 0.29) is 11.8 Å². The second-order valence-corrected chi connectivity index (χ2v) is 7.41. The molecule has 7 heteroatoms. The smallest absolute Gasteiger partial charge is 0.266 e. The second-order valence-electron chi connectivity index (χ2n) is 6.49. The third kappa shape index (κ3) is 4.08. The third-order valence-corrected chi connectivity index (χ3v) is 5.73. The van der Waals surface area contributed by atoms with E-state index in [1.54, 1.807) is 12.1 Å². The fourth-order valence-electron chi connectivity index (χ4n) is 3.21. The van der Waals surface area contributed by atoms with Gasteiger partial charge in [-0.2, -0.15) is 0 Å². The average molecular weight is 388 g/mol. The van der Waals surface area contributed by atoms with Crippen molar-refractivity contribution in [2.24, 2.45) is 0 Å². The Labute approximate surface area is 163 Å². The first-order valence-corrected chi connectivity index (χ1v) is 9.84. The second kappa shape index (κ2) is 8.43. The SMILES string of the molecule is COc1cc(NC(=O)c2sccc2C)c(C(=O)N2CCCCC2)cc1OC. The maximum absolute atomic E-state index is 13.1. The molecule has 0 saturated carbocycles. The fraction of sp³-hybridized carbons (Fsp3) is 0.400. The van der Waals surface area contributed by atoms with Crippen molar-refractivity contribution in [3.63, 3.8) is 0 Å². The largest absolute Gasteiger partial charge is 0.493 e. The van der Waals surface area contributed by atoms with Crippen molar-refractivity contribution in [1.82, 2.24) is 4.90 Å². The highest BCUT2D eigenvalue weighted by Gasteiger charge is 2.24. The minimum atomic E-state index is -0.234. The van der Waals surface area contributed by atoms with E-state index in [0.29, 0.717) is 27.6 Å². The van der Waals surface area contributed by atoms with Gasteiger partial charge in [0, 0.05) is 19.2 Å². The normalized spacial score (nSPS) is 14.0. The van der Waals surface area contributed by atoms with E-state index in [4.69, 9.17) is 9.47 Å². The molecule has 27 heavy (non-hydrogen) atoms. The highest BCUT2D eigenvalue weighted by atomic mass is 32.1. The van der Waals surface area contributed by atoms with Gasteiger partial charge in [0.25, 0.3) is 11.8 Å². The molecule has 6 nitrogen and oxygen atoms in total. The van der Waals surface area contributed by atoms with Crippen molar-refractivity contribution < 1.29 is 19.1 Å². The zero-order valence-electron chi connectivity index (χ0n) is 15.8. The molecule has 1 aromatic carbocycles. The van der Waals surface area contributed by atoms with Gasteiger partial charge in [-0.05, 0) is 49.3 Å². The first-order valence-electron chi connectivity index (χ1n) is 8.96. The number of anilines is 1. The summed E-state index contributed by atoms with van der Waals surface area (Å²) >= 11 is 1.37. The molecule has 0 bridgehead atoms. The number of nitrogens with zero attached hydrogens (tertiary/aromatic N) is 1. The molecule has 2 amide bonds. The van der Waals surface area contributed by atoms with Crippen molar-refractivity contribution in [3.8, 4) is 11.5 Å². The molecule has 1 N–H and O–H groups in total. The van der Waals surface area contributed by atoms with Crippen LogP contribution in [0.5, 0.6) is 11.5 Å². The van der Waals surface area contributed by atoms with E-state index >= 15 is 0 Å². The zero-order chi connectivity index (χ0) is 19.4. The summed E-state index contributed by atoms with van der Waals surface area (Å²) in [4.78, 5) is 28.3. The number of carbonyl (C=O) groups is 2. The van der Waals surface area contributed by atoms with Gasteiger partial charge in [0.1, 0.15) is 0 Å². The molecule has 0 radical (unpaired) electrons. The first-order chi connectivity index (χ1) is 13.0. The summed E-state index contributed by atoms with van der Waals surface area (Å²) in [5, 5.41) is 4.76. The number of methoxy groups -OCH3 is 2. The molecule has 0 atom stereocenters. The standard InChI is InChI=1S/C20H24N2O4S/c1-13-7-10-27-18(13)19(23)21-15-12-17(26-3)16(25-2)11-14(15)20(24)22-8-5-4-6-9-22/h7,10-12H,4-6,8-9H2,1-3H3,(H,21,23). The number of likely N-dealkylation sites (tertiary alicyclic amines) is 1. The molecule has 1 aliphatic rings. The summed E-state index contributed by atoms with van der Waals surface area (Å²) in [6, 6.07) is 5.19. The number of ether oxygens (including phenoxy) is 2. The monoisotopic (exact) mass is 388 g/mol. The van der Waals surface area contributed by atoms with Crippen molar-refractivity contribution >= 4 is 28.8 Å². The lowest BCUT2D eigenvalue weighted by atomic mass is 10.1. The minimum absolute atomic E-state index is 0.103. The number of carbonyl (C=O) groups excluding carboxylic acids is 2. The Bertz CT molecular complexity index is 841. The van der Waals surface area contributed by atoms with Crippen LogP contribution >= 0.6 is 11.3 Å². The van der Waals surface area contributed by atoms with Crippen molar-refractivity contribution in [2.75, 3.05) is 32.6 Å². The van der Waals surface area contributed by atoms with Crippen LogP contribution in [0.3, 0.4) is 0 Å². The van der Waals surface area contributed by atoms with Crippen LogP contribution in [0.15, 0.2) is 23.6 Å². The molecule has 2 aromatic rings. The maximum atomic E-state index is 13.1. The lowest BCUT2D eigenvalue weighted by Gasteiger charge is -2.28. The molecule has 1 fully saturated rings. The summed E-state index contributed by atoms with van der Waals surface area (Å²) in [7, 11) is 3.05. The molecule has 0 spiro atoms. The van der Waals surface area contributed by atoms with Crippen LogP contribution in [0.4, 0.5) is 5.69 Å². The van der Waals surface area contributed by atoms with Gasteiger partial charge in [-0.15, -0.1) is 11.3 Å². The zero-order valence-corrected chi connectivity index (χ0v) is 16.6. The van der Waals surface area contributed by atoms with Gasteiger partial charge in [0.05, 0.1) is 30.3 Å². The van der Waals surface area contributed by atoms with Gasteiger partial charge in [-0.3, -0.25) is 9.59 Å². The summed E-state index contributed by atoms with van der Waals surface area (Å²) < 4.78 is 10.7. The summed E-state index contributed by atoms with van der Waals surface area (Å²) in [5.41, 5.74) is 1.75. The first kappa shape index (κ1) is 19.2. The quantitative estimate of drug-likeness (QED) is 0.842. The summed E-state index contributed by atoms with van der Waals surface area (Å²) in [6.07, 6.45) is 3.13. The predicted octanol–water partition coefficient (Wildman–Crippen LogP) is 3.95. The van der Waals surface area contributed by atoms with Crippen molar-refractivity contribution in [2.45, 2.75) is 26.2 Å². The highest BCUT2D eigenvalue weighted by Crippen LogP contribution is 2.35. The van der Waals surface area contributed by atoms with Gasteiger partial charge in [-0.1, -0.05) is 0 Å².